The second kappa shape index (κ2) is 6.84. The van der Waals surface area contributed by atoms with E-state index in [2.05, 4.69) is 22.0 Å². The molecule has 0 spiro atoms. The Hall–Kier alpha value is -2.42. The Morgan fingerprint density at radius 1 is 1.05 bits per heavy atom. The third kappa shape index (κ3) is 3.57. The maximum absolute atomic E-state index is 4.57. The maximum Gasteiger partial charge on any atom is 0.153 e. The van der Waals surface area contributed by atoms with Gasteiger partial charge in [-0.15, -0.1) is 0 Å². The SMILES string of the molecule is C=NC(C)(NC(=NCC)c1ccccc1)c1ccccc1. The molecule has 2 rings (SSSR count). The van der Waals surface area contributed by atoms with Crippen molar-refractivity contribution in [1.29, 1.82) is 0 Å². The highest BCUT2D eigenvalue weighted by molar-refractivity contribution is 5.99. The smallest absolute Gasteiger partial charge is 0.153 e. The highest BCUT2D eigenvalue weighted by Gasteiger charge is 2.25. The van der Waals surface area contributed by atoms with E-state index in [0.717, 1.165) is 17.0 Å². The van der Waals surface area contributed by atoms with Crippen molar-refractivity contribution in [2.75, 3.05) is 6.54 Å². The second-order valence-corrected chi connectivity index (χ2v) is 4.91. The molecule has 1 unspecified atom stereocenters. The molecule has 2 aromatic carbocycles. The van der Waals surface area contributed by atoms with E-state index in [1.807, 2.05) is 74.5 Å². The van der Waals surface area contributed by atoms with Crippen LogP contribution in [-0.4, -0.2) is 19.1 Å². The number of aliphatic imine (C=N–C) groups is 2. The van der Waals surface area contributed by atoms with E-state index in [9.17, 15) is 0 Å². The summed E-state index contributed by atoms with van der Waals surface area (Å²) >= 11 is 0. The van der Waals surface area contributed by atoms with Gasteiger partial charge in [-0.05, 0) is 26.1 Å². The van der Waals surface area contributed by atoms with Crippen molar-refractivity contribution >= 4 is 12.6 Å². The first kappa shape index (κ1) is 15.0. The molecule has 0 aliphatic heterocycles. The van der Waals surface area contributed by atoms with Gasteiger partial charge in [0.25, 0.3) is 0 Å². The zero-order valence-corrected chi connectivity index (χ0v) is 12.6. The minimum Gasteiger partial charge on any atom is -0.342 e. The number of benzene rings is 2. The summed E-state index contributed by atoms with van der Waals surface area (Å²) in [6, 6.07) is 20.1. The molecule has 3 heteroatoms. The molecule has 0 aliphatic carbocycles. The van der Waals surface area contributed by atoms with Crippen molar-refractivity contribution in [2.45, 2.75) is 19.5 Å². The highest BCUT2D eigenvalue weighted by Crippen LogP contribution is 2.22. The third-order valence-electron chi connectivity index (χ3n) is 3.38. The quantitative estimate of drug-likeness (QED) is 0.658. The van der Waals surface area contributed by atoms with Crippen LogP contribution in [-0.2, 0) is 5.66 Å². The standard InChI is InChI=1S/C18H21N3/c1-4-20-17(15-11-7-5-8-12-15)21-18(2,19-3)16-13-9-6-10-14-16/h5-14H,3-4H2,1-2H3,(H,20,21). The number of rotatable bonds is 5. The molecule has 1 N–H and O–H groups in total. The van der Waals surface area contributed by atoms with Gasteiger partial charge in [-0.2, -0.15) is 0 Å². The zero-order chi connectivity index (χ0) is 15.1. The first-order valence-corrected chi connectivity index (χ1v) is 7.11. The van der Waals surface area contributed by atoms with E-state index in [4.69, 9.17) is 0 Å². The largest absolute Gasteiger partial charge is 0.342 e. The van der Waals surface area contributed by atoms with E-state index < -0.39 is 5.66 Å². The molecule has 0 radical (unpaired) electrons. The van der Waals surface area contributed by atoms with Gasteiger partial charge in [-0.1, -0.05) is 60.7 Å². The first-order chi connectivity index (χ1) is 10.2. The fourth-order valence-corrected chi connectivity index (χ4v) is 2.15. The molecule has 0 fully saturated rings. The summed E-state index contributed by atoms with van der Waals surface area (Å²) in [4.78, 5) is 8.87. The van der Waals surface area contributed by atoms with Crippen LogP contribution in [0.25, 0.3) is 0 Å². The number of nitrogens with zero attached hydrogens (tertiary/aromatic N) is 2. The Morgan fingerprint density at radius 3 is 2.14 bits per heavy atom. The van der Waals surface area contributed by atoms with Gasteiger partial charge in [0.05, 0.1) is 0 Å². The minimum atomic E-state index is -0.606. The lowest BCUT2D eigenvalue weighted by Crippen LogP contribution is -2.42. The van der Waals surface area contributed by atoms with Gasteiger partial charge < -0.3 is 5.32 Å². The van der Waals surface area contributed by atoms with Crippen LogP contribution in [0.2, 0.25) is 0 Å². The topological polar surface area (TPSA) is 36.8 Å². The predicted octanol–water partition coefficient (Wildman–Crippen LogP) is 3.62. The van der Waals surface area contributed by atoms with E-state index in [0.29, 0.717) is 6.54 Å². The van der Waals surface area contributed by atoms with Gasteiger partial charge in [0.15, 0.2) is 5.66 Å². The molecule has 0 amide bonds. The number of hydrogen-bond donors (Lipinski definition) is 1. The Bertz CT molecular complexity index is 605. The molecule has 0 bridgehead atoms. The summed E-state index contributed by atoms with van der Waals surface area (Å²) in [6.07, 6.45) is 0. The molecule has 108 valence electrons. The first-order valence-electron chi connectivity index (χ1n) is 7.11. The van der Waals surface area contributed by atoms with Gasteiger partial charge >= 0.3 is 0 Å². The van der Waals surface area contributed by atoms with Crippen LogP contribution in [0.4, 0.5) is 0 Å². The van der Waals surface area contributed by atoms with Crippen molar-refractivity contribution < 1.29 is 0 Å². The van der Waals surface area contributed by atoms with Gasteiger partial charge in [-0.25, -0.2) is 0 Å². The Morgan fingerprint density at radius 2 is 1.62 bits per heavy atom. The number of amidine groups is 1. The summed E-state index contributed by atoms with van der Waals surface area (Å²) in [5, 5.41) is 3.43. The molecule has 1 atom stereocenters. The van der Waals surface area contributed by atoms with Crippen LogP contribution in [0.1, 0.15) is 25.0 Å². The highest BCUT2D eigenvalue weighted by atomic mass is 15.2. The van der Waals surface area contributed by atoms with Crippen molar-refractivity contribution in [3.63, 3.8) is 0 Å². The summed E-state index contributed by atoms with van der Waals surface area (Å²) in [7, 11) is 0. The van der Waals surface area contributed by atoms with E-state index in [1.165, 1.54) is 0 Å². The summed E-state index contributed by atoms with van der Waals surface area (Å²) in [5.74, 6) is 0.830. The molecule has 0 saturated heterocycles. The average Bonchev–Trinajstić information content (AvgIpc) is 2.56. The van der Waals surface area contributed by atoms with Crippen molar-refractivity contribution in [3.05, 3.63) is 71.8 Å². The lowest BCUT2D eigenvalue weighted by molar-refractivity contribution is 0.464. The predicted molar refractivity (Wildman–Crippen MR) is 90.0 cm³/mol. The monoisotopic (exact) mass is 279 g/mol. The fraction of sp³-hybridized carbons (Fsp3) is 0.222. The number of hydrogen-bond acceptors (Lipinski definition) is 2. The second-order valence-electron chi connectivity index (χ2n) is 4.91. The zero-order valence-electron chi connectivity index (χ0n) is 12.6. The lowest BCUT2D eigenvalue weighted by atomic mass is 10.0. The number of nitrogens with one attached hydrogen (secondary N) is 1. The molecule has 2 aromatic rings. The Kier molecular flexibility index (Phi) is 4.88. The van der Waals surface area contributed by atoms with E-state index >= 15 is 0 Å². The van der Waals surface area contributed by atoms with Gasteiger partial charge in [-0.3, -0.25) is 9.98 Å². The van der Waals surface area contributed by atoms with Crippen LogP contribution in [0, 0.1) is 0 Å². The third-order valence-corrected chi connectivity index (χ3v) is 3.38. The van der Waals surface area contributed by atoms with Crippen LogP contribution in [0.3, 0.4) is 0 Å². The van der Waals surface area contributed by atoms with Crippen molar-refractivity contribution in [2.24, 2.45) is 9.98 Å². The van der Waals surface area contributed by atoms with E-state index in [-0.39, 0.29) is 0 Å². The van der Waals surface area contributed by atoms with Crippen molar-refractivity contribution in [1.82, 2.24) is 5.32 Å². The van der Waals surface area contributed by atoms with E-state index in [1.54, 1.807) is 0 Å². The maximum atomic E-state index is 4.57. The Labute approximate surface area is 126 Å². The average molecular weight is 279 g/mol. The summed E-state index contributed by atoms with van der Waals surface area (Å²) in [5.41, 5.74) is 1.50. The molecule has 3 nitrogen and oxygen atoms in total. The van der Waals surface area contributed by atoms with Crippen LogP contribution in [0.5, 0.6) is 0 Å². The molecule has 0 saturated carbocycles. The van der Waals surface area contributed by atoms with Gasteiger partial charge in [0.1, 0.15) is 5.84 Å². The normalized spacial score (nSPS) is 14.3. The lowest BCUT2D eigenvalue weighted by Gasteiger charge is -2.29. The molecule has 21 heavy (non-hydrogen) atoms. The van der Waals surface area contributed by atoms with Crippen LogP contribution >= 0.6 is 0 Å². The summed E-state index contributed by atoms with van der Waals surface area (Å²) in [6.45, 7) is 8.48. The van der Waals surface area contributed by atoms with Gasteiger partial charge in [0, 0.05) is 12.1 Å². The van der Waals surface area contributed by atoms with Crippen LogP contribution in [0.15, 0.2) is 70.6 Å². The molecule has 0 aromatic heterocycles. The fourth-order valence-electron chi connectivity index (χ4n) is 2.15. The molecule has 0 aliphatic rings. The van der Waals surface area contributed by atoms with Gasteiger partial charge in [0.2, 0.25) is 0 Å². The molecular weight excluding hydrogens is 258 g/mol. The van der Waals surface area contributed by atoms with Crippen molar-refractivity contribution in [3.8, 4) is 0 Å². The Balaban J connectivity index is 2.35. The summed E-state index contributed by atoms with van der Waals surface area (Å²) < 4.78 is 0. The van der Waals surface area contributed by atoms with Crippen LogP contribution < -0.4 is 5.32 Å². The minimum absolute atomic E-state index is 0.606. The molecule has 0 heterocycles. The molecular formula is C18H21N3.